The van der Waals surface area contributed by atoms with Crippen molar-refractivity contribution in [2.45, 2.75) is 37.8 Å². The molecular weight excluding hydrogens is 486 g/mol. The molecule has 0 fully saturated rings. The third-order valence-electron chi connectivity index (χ3n) is 5.03. The van der Waals surface area contributed by atoms with E-state index >= 15 is 0 Å². The van der Waals surface area contributed by atoms with Crippen molar-refractivity contribution in [2.75, 3.05) is 10.0 Å². The molecule has 1 amide bonds. The molecule has 0 atom stereocenters. The van der Waals surface area contributed by atoms with Crippen molar-refractivity contribution in [1.29, 1.82) is 0 Å². The molecule has 2 N–H and O–H groups in total. The van der Waals surface area contributed by atoms with Crippen LogP contribution in [-0.2, 0) is 22.2 Å². The van der Waals surface area contributed by atoms with Crippen LogP contribution in [0.3, 0.4) is 0 Å². The molecule has 0 bridgehead atoms. The Morgan fingerprint density at radius 1 is 1.06 bits per heavy atom. The normalized spacial score (nSPS) is 11.7. The van der Waals surface area contributed by atoms with Gasteiger partial charge in [-0.15, -0.1) is 11.3 Å². The summed E-state index contributed by atoms with van der Waals surface area (Å²) in [6, 6.07) is 15.3. The number of ether oxygens (including phenoxy) is 1. The van der Waals surface area contributed by atoms with Crippen LogP contribution in [0.15, 0.2) is 77.3 Å². The van der Waals surface area contributed by atoms with Crippen LogP contribution >= 0.6 is 11.3 Å². The fraction of sp³-hybridized carbons (Fsp3) is 0.208. The summed E-state index contributed by atoms with van der Waals surface area (Å²) < 4.78 is 34.5. The first-order valence-electron chi connectivity index (χ1n) is 10.7. The number of rotatable bonds is 8. The number of hydrogen-bond donors (Lipinski definition) is 2. The first-order chi connectivity index (χ1) is 16.6. The number of nitrogens with zero attached hydrogens (tertiary/aromatic N) is 3. The molecule has 182 valence electrons. The summed E-state index contributed by atoms with van der Waals surface area (Å²) in [5.74, 6) is 0.286. The van der Waals surface area contributed by atoms with Crippen molar-refractivity contribution >= 4 is 38.1 Å². The van der Waals surface area contributed by atoms with Gasteiger partial charge in [-0.25, -0.2) is 18.1 Å². The zero-order valence-corrected chi connectivity index (χ0v) is 21.1. The van der Waals surface area contributed by atoms with E-state index in [1.807, 2.05) is 24.3 Å². The van der Waals surface area contributed by atoms with E-state index in [1.54, 1.807) is 17.6 Å². The van der Waals surface area contributed by atoms with E-state index in [9.17, 15) is 13.2 Å². The highest BCUT2D eigenvalue weighted by atomic mass is 32.2. The molecule has 2 aromatic heterocycles. The Balaban J connectivity index is 1.33. The Kier molecular flexibility index (Phi) is 6.90. The lowest BCUT2D eigenvalue weighted by Gasteiger charge is -2.19. The number of carbonyl (C=O) groups is 1. The van der Waals surface area contributed by atoms with Gasteiger partial charge in [0.05, 0.1) is 4.90 Å². The van der Waals surface area contributed by atoms with Crippen LogP contribution in [0.5, 0.6) is 5.75 Å². The van der Waals surface area contributed by atoms with E-state index in [-0.39, 0.29) is 27.9 Å². The highest BCUT2D eigenvalue weighted by molar-refractivity contribution is 7.93. The predicted octanol–water partition coefficient (Wildman–Crippen LogP) is 4.73. The van der Waals surface area contributed by atoms with Crippen molar-refractivity contribution in [2.24, 2.45) is 0 Å². The molecular formula is C24H25N5O4S2. The van der Waals surface area contributed by atoms with Gasteiger partial charge in [0.25, 0.3) is 15.9 Å². The number of amides is 1. The van der Waals surface area contributed by atoms with Crippen LogP contribution in [0.2, 0.25) is 0 Å². The van der Waals surface area contributed by atoms with Gasteiger partial charge in [0.1, 0.15) is 5.75 Å². The van der Waals surface area contributed by atoms with E-state index in [0.29, 0.717) is 11.4 Å². The molecule has 4 rings (SSSR count). The number of carbonyl (C=O) groups excluding carboxylic acids is 1. The van der Waals surface area contributed by atoms with E-state index in [2.05, 4.69) is 40.9 Å². The minimum atomic E-state index is -3.76. The van der Waals surface area contributed by atoms with Crippen molar-refractivity contribution < 1.29 is 17.9 Å². The molecule has 11 heteroatoms. The van der Waals surface area contributed by atoms with Crippen LogP contribution in [0.1, 0.15) is 36.8 Å². The topological polar surface area (TPSA) is 115 Å². The summed E-state index contributed by atoms with van der Waals surface area (Å²) in [6.45, 7) is 6.60. The highest BCUT2D eigenvalue weighted by Gasteiger charge is 2.16. The SMILES string of the molecule is CC(C)(C)c1ccc(OCn2ccc(C(=O)Nc3ccc(S(=O)(=O)Nc4nccs4)cc3)n2)cc1. The average molecular weight is 512 g/mol. The van der Waals surface area contributed by atoms with E-state index in [0.717, 1.165) is 0 Å². The second kappa shape index (κ2) is 9.88. The molecule has 2 aromatic carbocycles. The van der Waals surface area contributed by atoms with Gasteiger partial charge in [-0.3, -0.25) is 9.52 Å². The summed E-state index contributed by atoms with van der Waals surface area (Å²) in [4.78, 5) is 16.5. The Hall–Kier alpha value is -3.70. The monoisotopic (exact) mass is 511 g/mol. The number of aromatic nitrogens is 3. The maximum absolute atomic E-state index is 12.6. The molecule has 0 spiro atoms. The second-order valence-electron chi connectivity index (χ2n) is 8.71. The Morgan fingerprint density at radius 2 is 1.77 bits per heavy atom. The van der Waals surface area contributed by atoms with Crippen LogP contribution in [0.4, 0.5) is 10.8 Å². The van der Waals surface area contributed by atoms with Crippen LogP contribution in [-0.4, -0.2) is 29.1 Å². The van der Waals surface area contributed by atoms with Crippen molar-refractivity contribution in [1.82, 2.24) is 14.8 Å². The predicted molar refractivity (Wildman–Crippen MR) is 135 cm³/mol. The Bertz CT molecular complexity index is 1390. The fourth-order valence-corrected chi connectivity index (χ4v) is 4.90. The molecule has 0 aliphatic rings. The van der Waals surface area contributed by atoms with E-state index in [1.165, 1.54) is 52.0 Å². The van der Waals surface area contributed by atoms with Gasteiger partial charge in [-0.05, 0) is 53.4 Å². The molecule has 0 aliphatic heterocycles. The standard InChI is InChI=1S/C24H25N5O4S2/c1-24(2,3)17-4-8-19(9-5-17)33-16-29-14-12-21(27-29)22(30)26-18-6-10-20(11-7-18)35(31,32)28-23-25-13-15-34-23/h4-15H,16H2,1-3H3,(H,25,28)(H,26,30). The van der Waals surface area contributed by atoms with Gasteiger partial charge >= 0.3 is 0 Å². The van der Waals surface area contributed by atoms with Gasteiger partial charge in [0.15, 0.2) is 17.6 Å². The van der Waals surface area contributed by atoms with Gasteiger partial charge < -0.3 is 10.1 Å². The largest absolute Gasteiger partial charge is 0.471 e. The van der Waals surface area contributed by atoms with Gasteiger partial charge in [0.2, 0.25) is 0 Å². The third-order valence-corrected chi connectivity index (χ3v) is 7.21. The van der Waals surface area contributed by atoms with Crippen molar-refractivity contribution in [3.8, 4) is 5.75 Å². The first-order valence-corrected chi connectivity index (χ1v) is 13.1. The lowest BCUT2D eigenvalue weighted by Crippen LogP contribution is -2.15. The van der Waals surface area contributed by atoms with Crippen molar-refractivity contribution in [3.63, 3.8) is 0 Å². The smallest absolute Gasteiger partial charge is 0.276 e. The second-order valence-corrected chi connectivity index (χ2v) is 11.3. The number of nitrogens with one attached hydrogen (secondary N) is 2. The summed E-state index contributed by atoms with van der Waals surface area (Å²) in [7, 11) is -3.76. The maximum Gasteiger partial charge on any atom is 0.276 e. The fourth-order valence-electron chi connectivity index (χ4n) is 3.11. The quantitative estimate of drug-likeness (QED) is 0.354. The number of sulfonamides is 1. The number of thiazole rings is 1. The van der Waals surface area contributed by atoms with Gasteiger partial charge in [0, 0.05) is 23.5 Å². The molecule has 2 heterocycles. The minimum absolute atomic E-state index is 0.0580. The molecule has 35 heavy (non-hydrogen) atoms. The molecule has 9 nitrogen and oxygen atoms in total. The Labute approximate surface area is 207 Å². The van der Waals surface area contributed by atoms with Crippen molar-refractivity contribution in [3.05, 3.63) is 83.6 Å². The van der Waals surface area contributed by atoms with Crippen LogP contribution in [0, 0.1) is 0 Å². The van der Waals surface area contributed by atoms with E-state index < -0.39 is 15.9 Å². The highest BCUT2D eigenvalue weighted by Crippen LogP contribution is 2.24. The summed E-state index contributed by atoms with van der Waals surface area (Å²) in [5.41, 5.74) is 1.92. The lowest BCUT2D eigenvalue weighted by atomic mass is 9.87. The van der Waals surface area contributed by atoms with E-state index in [4.69, 9.17) is 4.74 Å². The summed E-state index contributed by atoms with van der Waals surface area (Å²) in [6.07, 6.45) is 3.16. The van der Waals surface area contributed by atoms with Crippen LogP contribution in [0.25, 0.3) is 0 Å². The van der Waals surface area contributed by atoms with Gasteiger partial charge in [-0.1, -0.05) is 32.9 Å². The maximum atomic E-state index is 12.6. The molecule has 0 saturated heterocycles. The molecule has 0 radical (unpaired) electrons. The molecule has 4 aromatic rings. The first kappa shape index (κ1) is 24.4. The van der Waals surface area contributed by atoms with Gasteiger partial charge in [-0.2, -0.15) is 5.10 Å². The summed E-state index contributed by atoms with van der Waals surface area (Å²) >= 11 is 1.18. The Morgan fingerprint density at radius 3 is 2.40 bits per heavy atom. The lowest BCUT2D eigenvalue weighted by molar-refractivity contribution is 0.102. The third kappa shape index (κ3) is 6.25. The molecule has 0 unspecified atom stereocenters. The minimum Gasteiger partial charge on any atom is -0.471 e. The zero-order valence-electron chi connectivity index (χ0n) is 19.4. The number of benzene rings is 2. The zero-order chi connectivity index (χ0) is 25.1. The van der Waals surface area contributed by atoms with Crippen LogP contribution < -0.4 is 14.8 Å². The molecule has 0 aliphatic carbocycles. The molecule has 0 saturated carbocycles. The summed E-state index contributed by atoms with van der Waals surface area (Å²) in [5, 5.41) is 8.91. The number of anilines is 2. The average Bonchev–Trinajstić information content (AvgIpc) is 3.50. The number of hydrogen-bond acceptors (Lipinski definition) is 7.